The maximum absolute atomic E-state index is 11.2. The van der Waals surface area contributed by atoms with Gasteiger partial charge in [0.05, 0.1) is 5.39 Å². The molecule has 0 bridgehead atoms. The zero-order valence-electron chi connectivity index (χ0n) is 7.04. The van der Waals surface area contributed by atoms with Crippen molar-refractivity contribution in [3.05, 3.63) is 34.1 Å². The molecular weight excluding hydrogens is 168 g/mol. The van der Waals surface area contributed by atoms with Crippen LogP contribution in [-0.4, -0.2) is 11.7 Å². The minimum absolute atomic E-state index is 0.186. The van der Waals surface area contributed by atoms with Gasteiger partial charge < -0.3 is 10.3 Å². The van der Waals surface area contributed by atoms with Crippen LogP contribution in [0.5, 0.6) is 0 Å². The Balaban J connectivity index is 2.59. The van der Waals surface area contributed by atoms with Crippen molar-refractivity contribution in [2.75, 3.05) is 6.54 Å². The van der Waals surface area contributed by atoms with Crippen LogP contribution in [0.1, 0.15) is 5.56 Å². The molecule has 3 N–H and O–H groups in total. The van der Waals surface area contributed by atoms with Crippen molar-refractivity contribution in [2.45, 2.75) is 6.42 Å². The minimum Gasteiger partial charge on any atom is -0.378 e. The molecule has 0 amide bonds. The number of rotatable bonds is 2. The zero-order valence-corrected chi connectivity index (χ0v) is 7.04. The van der Waals surface area contributed by atoms with Crippen molar-refractivity contribution in [1.29, 1.82) is 0 Å². The van der Waals surface area contributed by atoms with Gasteiger partial charge in [0.15, 0.2) is 5.58 Å². The fourth-order valence-electron chi connectivity index (χ4n) is 1.32. The fourth-order valence-corrected chi connectivity index (χ4v) is 1.32. The molecule has 4 nitrogen and oxygen atoms in total. The lowest BCUT2D eigenvalue weighted by atomic mass is 10.1. The number of aromatic amines is 1. The number of hydrogen-bond donors (Lipinski definition) is 2. The maximum atomic E-state index is 11.2. The van der Waals surface area contributed by atoms with Crippen LogP contribution in [0.3, 0.4) is 0 Å². The summed E-state index contributed by atoms with van der Waals surface area (Å²) >= 11 is 0. The number of aromatic nitrogens is 1. The Kier molecular flexibility index (Phi) is 1.90. The number of hydrogen-bond acceptors (Lipinski definition) is 3. The third-order valence-electron chi connectivity index (χ3n) is 1.98. The number of H-pyrrole nitrogens is 1. The van der Waals surface area contributed by atoms with Crippen LogP contribution in [0.25, 0.3) is 11.0 Å². The van der Waals surface area contributed by atoms with Gasteiger partial charge in [0.2, 0.25) is 0 Å². The summed E-state index contributed by atoms with van der Waals surface area (Å²) in [6.07, 6.45) is 0.778. The molecule has 0 saturated heterocycles. The van der Waals surface area contributed by atoms with Crippen molar-refractivity contribution in [3.8, 4) is 0 Å². The molecule has 0 radical (unpaired) electrons. The lowest BCUT2D eigenvalue weighted by molar-refractivity contribution is 0.449. The van der Waals surface area contributed by atoms with Crippen molar-refractivity contribution < 1.29 is 4.52 Å². The first-order valence-electron chi connectivity index (χ1n) is 4.11. The Bertz CT molecular complexity index is 470. The summed E-state index contributed by atoms with van der Waals surface area (Å²) in [5, 5.41) is 2.87. The summed E-state index contributed by atoms with van der Waals surface area (Å²) in [7, 11) is 0. The van der Waals surface area contributed by atoms with Crippen LogP contribution in [0, 0.1) is 0 Å². The van der Waals surface area contributed by atoms with Gasteiger partial charge in [-0.2, -0.15) is 5.16 Å². The van der Waals surface area contributed by atoms with E-state index < -0.39 is 0 Å². The van der Waals surface area contributed by atoms with E-state index in [9.17, 15) is 4.79 Å². The summed E-state index contributed by atoms with van der Waals surface area (Å²) in [5.74, 6) is 0. The average Bonchev–Trinajstić information content (AvgIpc) is 2.49. The molecule has 4 heteroatoms. The molecule has 1 heterocycles. The molecule has 13 heavy (non-hydrogen) atoms. The summed E-state index contributed by atoms with van der Waals surface area (Å²) in [4.78, 5) is 11.2. The molecule has 0 atom stereocenters. The molecule has 0 aliphatic carbocycles. The fraction of sp³-hybridized carbons (Fsp3) is 0.222. The second-order valence-electron chi connectivity index (χ2n) is 2.90. The van der Waals surface area contributed by atoms with Crippen LogP contribution in [-0.2, 0) is 6.42 Å². The van der Waals surface area contributed by atoms with Crippen LogP contribution < -0.4 is 11.3 Å². The van der Waals surface area contributed by atoms with Gasteiger partial charge in [0.25, 0.3) is 5.56 Å². The molecular formula is C9H10N2O2. The van der Waals surface area contributed by atoms with E-state index in [-0.39, 0.29) is 5.56 Å². The smallest absolute Gasteiger partial charge is 0.287 e. The summed E-state index contributed by atoms with van der Waals surface area (Å²) in [6.45, 7) is 0.585. The van der Waals surface area contributed by atoms with Gasteiger partial charge >= 0.3 is 0 Å². The Labute approximate surface area is 74.3 Å². The summed E-state index contributed by atoms with van der Waals surface area (Å²) < 4.78 is 4.91. The molecule has 1 aromatic carbocycles. The van der Waals surface area contributed by atoms with E-state index in [0.29, 0.717) is 17.5 Å². The highest BCUT2D eigenvalue weighted by Crippen LogP contribution is 2.11. The Morgan fingerprint density at radius 2 is 2.31 bits per heavy atom. The van der Waals surface area contributed by atoms with Gasteiger partial charge in [-0.05, 0) is 30.7 Å². The monoisotopic (exact) mass is 178 g/mol. The van der Waals surface area contributed by atoms with E-state index >= 15 is 0 Å². The van der Waals surface area contributed by atoms with Gasteiger partial charge in [-0.25, -0.2) is 0 Å². The second-order valence-corrected chi connectivity index (χ2v) is 2.90. The SMILES string of the molecule is NCCc1ccc2o[nH]c(=O)c2c1. The van der Waals surface area contributed by atoms with Gasteiger partial charge in [-0.15, -0.1) is 0 Å². The van der Waals surface area contributed by atoms with Crippen LogP contribution in [0.4, 0.5) is 0 Å². The molecule has 68 valence electrons. The molecule has 0 fully saturated rings. The van der Waals surface area contributed by atoms with Gasteiger partial charge in [-0.3, -0.25) is 4.79 Å². The van der Waals surface area contributed by atoms with E-state index in [1.54, 1.807) is 6.07 Å². The molecule has 1 aromatic heterocycles. The quantitative estimate of drug-likeness (QED) is 0.708. The van der Waals surface area contributed by atoms with E-state index in [1.165, 1.54) is 0 Å². The number of nitrogens with one attached hydrogen (secondary N) is 1. The highest BCUT2D eigenvalue weighted by molar-refractivity contribution is 5.76. The van der Waals surface area contributed by atoms with Crippen molar-refractivity contribution in [2.24, 2.45) is 5.73 Å². The normalized spacial score (nSPS) is 10.8. The largest absolute Gasteiger partial charge is 0.378 e. The van der Waals surface area contributed by atoms with Crippen LogP contribution >= 0.6 is 0 Å². The van der Waals surface area contributed by atoms with Gasteiger partial charge in [0, 0.05) is 0 Å². The summed E-state index contributed by atoms with van der Waals surface area (Å²) in [5.41, 5.74) is 6.87. The zero-order chi connectivity index (χ0) is 9.26. The standard InChI is InChI=1S/C9H10N2O2/c10-4-3-6-1-2-8-7(5-6)9(12)11-13-8/h1-2,5H,3-4,10H2,(H,11,12). The van der Waals surface area contributed by atoms with Gasteiger partial charge in [0.1, 0.15) is 0 Å². The first-order chi connectivity index (χ1) is 6.31. The predicted molar refractivity (Wildman–Crippen MR) is 49.6 cm³/mol. The third-order valence-corrected chi connectivity index (χ3v) is 1.98. The lowest BCUT2D eigenvalue weighted by Gasteiger charge is -1.95. The topological polar surface area (TPSA) is 72.0 Å². The third kappa shape index (κ3) is 1.36. The van der Waals surface area contributed by atoms with Gasteiger partial charge in [-0.1, -0.05) is 6.07 Å². The lowest BCUT2D eigenvalue weighted by Crippen LogP contribution is -2.03. The highest BCUT2D eigenvalue weighted by Gasteiger charge is 2.03. The average molecular weight is 178 g/mol. The van der Waals surface area contributed by atoms with Crippen LogP contribution in [0.15, 0.2) is 27.5 Å². The maximum Gasteiger partial charge on any atom is 0.287 e. The van der Waals surface area contributed by atoms with Crippen molar-refractivity contribution >= 4 is 11.0 Å². The predicted octanol–water partition coefficient (Wildman–Crippen LogP) is 0.622. The molecule has 0 aliphatic rings. The Morgan fingerprint density at radius 3 is 3.08 bits per heavy atom. The van der Waals surface area contributed by atoms with E-state index in [4.69, 9.17) is 10.3 Å². The number of fused-ring (bicyclic) bond motifs is 1. The number of benzene rings is 1. The first-order valence-corrected chi connectivity index (χ1v) is 4.11. The molecule has 0 saturated carbocycles. The van der Waals surface area contributed by atoms with E-state index in [0.717, 1.165) is 12.0 Å². The Hall–Kier alpha value is -1.55. The molecule has 2 rings (SSSR count). The van der Waals surface area contributed by atoms with E-state index in [1.807, 2.05) is 12.1 Å². The molecule has 0 aliphatic heterocycles. The highest BCUT2D eigenvalue weighted by atomic mass is 16.5. The summed E-state index contributed by atoms with van der Waals surface area (Å²) in [6, 6.07) is 5.49. The number of nitrogens with two attached hydrogens (primary N) is 1. The molecule has 0 spiro atoms. The van der Waals surface area contributed by atoms with Crippen molar-refractivity contribution in [1.82, 2.24) is 5.16 Å². The Morgan fingerprint density at radius 1 is 1.46 bits per heavy atom. The minimum atomic E-state index is -0.186. The van der Waals surface area contributed by atoms with Crippen LogP contribution in [0.2, 0.25) is 0 Å². The molecule has 2 aromatic rings. The molecule has 0 unspecified atom stereocenters. The first kappa shape index (κ1) is 8.07. The van der Waals surface area contributed by atoms with Crippen molar-refractivity contribution in [3.63, 3.8) is 0 Å². The second kappa shape index (κ2) is 3.06. The van der Waals surface area contributed by atoms with E-state index in [2.05, 4.69) is 5.16 Å².